The second-order valence-electron chi connectivity index (χ2n) is 5.66. The van der Waals surface area contributed by atoms with Crippen LogP contribution in [-0.2, 0) is 5.41 Å². The molecule has 1 heterocycles. The summed E-state index contributed by atoms with van der Waals surface area (Å²) < 4.78 is 1.48. The highest BCUT2D eigenvalue weighted by Crippen LogP contribution is 2.30. The lowest BCUT2D eigenvalue weighted by atomic mass is 9.96. The Balaban J connectivity index is 2.60. The third-order valence-corrected chi connectivity index (χ3v) is 2.91. The van der Waals surface area contributed by atoms with E-state index in [2.05, 4.69) is 31.8 Å². The van der Waals surface area contributed by atoms with Gasteiger partial charge in [0.05, 0.1) is 0 Å². The number of rotatable bonds is 1. The Morgan fingerprint density at radius 1 is 1.22 bits per heavy atom. The zero-order chi connectivity index (χ0) is 13.5. The van der Waals surface area contributed by atoms with Gasteiger partial charge in [-0.2, -0.15) is 0 Å². The van der Waals surface area contributed by atoms with Crippen molar-refractivity contribution in [1.82, 2.24) is 9.66 Å². The Morgan fingerprint density at radius 3 is 2.39 bits per heavy atom. The van der Waals surface area contributed by atoms with Gasteiger partial charge in [0.2, 0.25) is 0 Å². The molecule has 2 aromatic rings. The van der Waals surface area contributed by atoms with Crippen molar-refractivity contribution in [2.24, 2.45) is 0 Å². The Kier molecular flexibility index (Phi) is 2.81. The van der Waals surface area contributed by atoms with Gasteiger partial charge in [0, 0.05) is 11.0 Å². The summed E-state index contributed by atoms with van der Waals surface area (Å²) in [7, 11) is 0. The van der Waals surface area contributed by atoms with E-state index < -0.39 is 0 Å². The van der Waals surface area contributed by atoms with Crippen molar-refractivity contribution in [2.75, 3.05) is 11.6 Å². The first-order chi connectivity index (χ1) is 8.30. The van der Waals surface area contributed by atoms with Crippen molar-refractivity contribution < 1.29 is 0 Å². The quantitative estimate of drug-likeness (QED) is 0.757. The molecule has 96 valence electrons. The van der Waals surface area contributed by atoms with Gasteiger partial charge in [-0.1, -0.05) is 44.5 Å². The number of nitrogens with two attached hydrogens (primary N) is 2. The molecule has 1 aromatic heterocycles. The smallest absolute Gasteiger partial charge is 0.150 e. The number of nitrogen functional groups attached to an aromatic ring is 2. The van der Waals surface area contributed by atoms with Gasteiger partial charge in [-0.3, -0.25) is 0 Å². The fourth-order valence-electron chi connectivity index (χ4n) is 1.98. The predicted molar refractivity (Wildman–Crippen MR) is 75.7 cm³/mol. The molecular formula is C14H20N4. The van der Waals surface area contributed by atoms with E-state index >= 15 is 0 Å². The number of anilines is 1. The maximum Gasteiger partial charge on any atom is 0.150 e. The van der Waals surface area contributed by atoms with Crippen LogP contribution in [0.4, 0.5) is 5.82 Å². The molecule has 0 saturated carbocycles. The molecule has 0 saturated heterocycles. The summed E-state index contributed by atoms with van der Waals surface area (Å²) >= 11 is 0. The van der Waals surface area contributed by atoms with Crippen LogP contribution in [-0.4, -0.2) is 9.66 Å². The number of aryl methyl sites for hydroxylation is 1. The van der Waals surface area contributed by atoms with Gasteiger partial charge >= 0.3 is 0 Å². The fourth-order valence-corrected chi connectivity index (χ4v) is 1.98. The summed E-state index contributed by atoms with van der Waals surface area (Å²) in [6, 6.07) is 8.10. The van der Waals surface area contributed by atoms with Gasteiger partial charge < -0.3 is 11.6 Å². The van der Waals surface area contributed by atoms with Crippen molar-refractivity contribution in [3.8, 4) is 11.3 Å². The molecule has 0 fully saturated rings. The number of nitrogens with zero attached hydrogens (tertiary/aromatic N) is 2. The van der Waals surface area contributed by atoms with Crippen LogP contribution in [0.5, 0.6) is 0 Å². The average molecular weight is 244 g/mol. The Bertz CT molecular complexity index is 576. The summed E-state index contributed by atoms with van der Waals surface area (Å²) in [4.78, 5) is 4.60. The summed E-state index contributed by atoms with van der Waals surface area (Å²) in [5.74, 6) is 7.29. The molecule has 0 aliphatic heterocycles. The van der Waals surface area contributed by atoms with Gasteiger partial charge in [0.1, 0.15) is 11.5 Å². The van der Waals surface area contributed by atoms with E-state index in [4.69, 9.17) is 11.6 Å². The monoisotopic (exact) mass is 244 g/mol. The van der Waals surface area contributed by atoms with Crippen molar-refractivity contribution in [2.45, 2.75) is 33.1 Å². The molecule has 0 aliphatic rings. The Morgan fingerprint density at radius 2 is 1.89 bits per heavy atom. The molecule has 0 atom stereocenters. The maximum absolute atomic E-state index is 6.06. The SMILES string of the molecule is Cc1cccc(-c2nc(C(C)(C)C)n(N)c2N)c1. The molecule has 4 nitrogen and oxygen atoms in total. The Labute approximate surface area is 108 Å². The Hall–Kier alpha value is -1.97. The standard InChI is InChI=1S/C14H20N4/c1-9-6-5-7-10(8-9)11-12(15)18(16)13(17-11)14(2,3)4/h5-8H,15-16H2,1-4H3. The second kappa shape index (κ2) is 4.05. The van der Waals surface area contributed by atoms with Crippen LogP contribution in [0.3, 0.4) is 0 Å². The lowest BCUT2D eigenvalue weighted by Crippen LogP contribution is -2.24. The number of aromatic nitrogens is 2. The highest BCUT2D eigenvalue weighted by Gasteiger charge is 2.24. The van der Waals surface area contributed by atoms with Gasteiger partial charge in [-0.15, -0.1) is 0 Å². The lowest BCUT2D eigenvalue weighted by molar-refractivity contribution is 0.532. The van der Waals surface area contributed by atoms with E-state index in [1.165, 1.54) is 10.2 Å². The van der Waals surface area contributed by atoms with E-state index in [1.807, 2.05) is 25.1 Å². The van der Waals surface area contributed by atoms with Crippen LogP contribution >= 0.6 is 0 Å². The molecule has 0 aliphatic carbocycles. The normalized spacial score (nSPS) is 11.8. The highest BCUT2D eigenvalue weighted by atomic mass is 15.4. The van der Waals surface area contributed by atoms with Crippen molar-refractivity contribution >= 4 is 5.82 Å². The van der Waals surface area contributed by atoms with Crippen LogP contribution in [0, 0.1) is 6.92 Å². The van der Waals surface area contributed by atoms with Crippen LogP contribution in [0.25, 0.3) is 11.3 Å². The van der Waals surface area contributed by atoms with Crippen LogP contribution < -0.4 is 11.6 Å². The maximum atomic E-state index is 6.06. The third kappa shape index (κ3) is 2.06. The predicted octanol–water partition coefficient (Wildman–Crippen LogP) is 2.45. The highest BCUT2D eigenvalue weighted by molar-refractivity contribution is 5.71. The molecule has 0 amide bonds. The van der Waals surface area contributed by atoms with Crippen LogP contribution in [0.15, 0.2) is 24.3 Å². The molecule has 0 radical (unpaired) electrons. The number of imidazole rings is 1. The number of benzene rings is 1. The van der Waals surface area contributed by atoms with E-state index in [1.54, 1.807) is 0 Å². The zero-order valence-electron chi connectivity index (χ0n) is 11.4. The van der Waals surface area contributed by atoms with Crippen LogP contribution in [0.1, 0.15) is 32.2 Å². The van der Waals surface area contributed by atoms with Gasteiger partial charge in [0.15, 0.2) is 5.82 Å². The van der Waals surface area contributed by atoms with Gasteiger partial charge in [-0.05, 0) is 13.0 Å². The molecule has 1 aromatic carbocycles. The summed E-state index contributed by atoms with van der Waals surface area (Å²) in [6.45, 7) is 8.25. The first kappa shape index (κ1) is 12.5. The van der Waals surface area contributed by atoms with Crippen molar-refractivity contribution in [3.63, 3.8) is 0 Å². The molecule has 4 N–H and O–H groups in total. The first-order valence-electron chi connectivity index (χ1n) is 6.01. The van der Waals surface area contributed by atoms with E-state index in [9.17, 15) is 0 Å². The summed E-state index contributed by atoms with van der Waals surface area (Å²) in [6.07, 6.45) is 0. The summed E-state index contributed by atoms with van der Waals surface area (Å²) in [5, 5.41) is 0. The topological polar surface area (TPSA) is 69.9 Å². The summed E-state index contributed by atoms with van der Waals surface area (Å²) in [5.41, 5.74) is 8.86. The second-order valence-corrected chi connectivity index (χ2v) is 5.66. The van der Waals surface area contributed by atoms with Crippen LogP contribution in [0.2, 0.25) is 0 Å². The molecule has 2 rings (SSSR count). The fraction of sp³-hybridized carbons (Fsp3) is 0.357. The van der Waals surface area contributed by atoms with E-state index in [-0.39, 0.29) is 5.41 Å². The average Bonchev–Trinajstić information content (AvgIpc) is 2.55. The minimum atomic E-state index is -0.134. The van der Waals surface area contributed by atoms with Crippen molar-refractivity contribution in [3.05, 3.63) is 35.7 Å². The minimum absolute atomic E-state index is 0.134. The molecule has 0 unspecified atom stereocenters. The van der Waals surface area contributed by atoms with Crippen molar-refractivity contribution in [1.29, 1.82) is 0 Å². The largest absolute Gasteiger partial charge is 0.382 e. The molecule has 0 spiro atoms. The molecule has 18 heavy (non-hydrogen) atoms. The third-order valence-electron chi connectivity index (χ3n) is 2.91. The van der Waals surface area contributed by atoms with Gasteiger partial charge in [0.25, 0.3) is 0 Å². The number of hydrogen-bond donors (Lipinski definition) is 2. The first-order valence-corrected chi connectivity index (χ1v) is 6.01. The minimum Gasteiger partial charge on any atom is -0.382 e. The molecule has 0 bridgehead atoms. The number of hydrogen-bond acceptors (Lipinski definition) is 3. The van der Waals surface area contributed by atoms with Gasteiger partial charge in [-0.25, -0.2) is 9.66 Å². The zero-order valence-corrected chi connectivity index (χ0v) is 11.4. The molecular weight excluding hydrogens is 224 g/mol. The van der Waals surface area contributed by atoms with E-state index in [0.717, 1.165) is 17.1 Å². The lowest BCUT2D eigenvalue weighted by Gasteiger charge is -2.17. The molecule has 4 heteroatoms. The van der Waals surface area contributed by atoms with E-state index in [0.29, 0.717) is 5.82 Å².